The molecule has 0 radical (unpaired) electrons. The van der Waals surface area contributed by atoms with Crippen molar-refractivity contribution in [1.82, 2.24) is 5.32 Å². The maximum atomic E-state index is 11.3. The van der Waals surface area contributed by atoms with Crippen molar-refractivity contribution in [3.05, 3.63) is 29.8 Å². The first kappa shape index (κ1) is 14.6. The Morgan fingerprint density at radius 1 is 1.14 bits per heavy atom. The van der Waals surface area contributed by atoms with Gasteiger partial charge >= 0.3 is 0 Å². The number of fused-ring (bicyclic) bond motifs is 1. The molecule has 2 aliphatic heterocycles. The molecular formula is C18H26N2O. The molecule has 1 saturated carbocycles. The van der Waals surface area contributed by atoms with Gasteiger partial charge in [-0.25, -0.2) is 0 Å². The molecule has 3 heteroatoms. The normalized spacial score (nSPS) is 30.5. The van der Waals surface area contributed by atoms with Crippen LogP contribution >= 0.6 is 0 Å². The Morgan fingerprint density at radius 2 is 1.81 bits per heavy atom. The van der Waals surface area contributed by atoms with Gasteiger partial charge in [0, 0.05) is 43.6 Å². The third-order valence-electron chi connectivity index (χ3n) is 5.19. The van der Waals surface area contributed by atoms with Gasteiger partial charge in [0.25, 0.3) is 0 Å². The SMILES string of the molecule is CC.O=C1CCN(c2ccc(C34CNCC3C4)cc2)CC1. The van der Waals surface area contributed by atoms with E-state index in [2.05, 4.69) is 34.5 Å². The molecule has 1 aromatic rings. The van der Waals surface area contributed by atoms with Crippen LogP contribution in [0.2, 0.25) is 0 Å². The summed E-state index contributed by atoms with van der Waals surface area (Å²) in [5.74, 6) is 1.27. The van der Waals surface area contributed by atoms with Crippen LogP contribution in [0.5, 0.6) is 0 Å². The summed E-state index contributed by atoms with van der Waals surface area (Å²) in [5, 5.41) is 3.50. The fourth-order valence-corrected chi connectivity index (χ4v) is 3.81. The Bertz CT molecular complexity index is 500. The molecule has 0 bridgehead atoms. The minimum absolute atomic E-state index is 0.407. The van der Waals surface area contributed by atoms with Crippen molar-refractivity contribution in [2.45, 2.75) is 38.5 Å². The van der Waals surface area contributed by atoms with Crippen molar-refractivity contribution in [2.24, 2.45) is 5.92 Å². The van der Waals surface area contributed by atoms with Crippen molar-refractivity contribution in [3.63, 3.8) is 0 Å². The molecule has 0 spiro atoms. The molecule has 1 aliphatic carbocycles. The van der Waals surface area contributed by atoms with Gasteiger partial charge in [0.2, 0.25) is 0 Å². The molecule has 3 nitrogen and oxygen atoms in total. The third-order valence-corrected chi connectivity index (χ3v) is 5.19. The van der Waals surface area contributed by atoms with Crippen LogP contribution in [-0.2, 0) is 10.2 Å². The number of Topliss-reactive ketones (excluding diaryl/α,β-unsaturated/α-hetero) is 1. The molecule has 1 aromatic carbocycles. The zero-order valence-electron chi connectivity index (χ0n) is 13.2. The lowest BCUT2D eigenvalue weighted by molar-refractivity contribution is -0.119. The summed E-state index contributed by atoms with van der Waals surface area (Å²) in [6.45, 7) is 8.10. The average Bonchev–Trinajstić information content (AvgIpc) is 3.12. The van der Waals surface area contributed by atoms with E-state index in [1.807, 2.05) is 13.8 Å². The second-order valence-electron chi connectivity index (χ2n) is 6.26. The lowest BCUT2D eigenvalue weighted by Crippen LogP contribution is -2.33. The van der Waals surface area contributed by atoms with Crippen LogP contribution in [0.15, 0.2) is 24.3 Å². The van der Waals surface area contributed by atoms with Crippen molar-refractivity contribution in [1.29, 1.82) is 0 Å². The van der Waals surface area contributed by atoms with Gasteiger partial charge in [-0.15, -0.1) is 0 Å². The topological polar surface area (TPSA) is 32.3 Å². The Balaban J connectivity index is 0.000000636. The number of rotatable bonds is 2. The van der Waals surface area contributed by atoms with E-state index in [4.69, 9.17) is 0 Å². The minimum atomic E-state index is 0.407. The molecule has 114 valence electrons. The molecule has 1 N–H and O–H groups in total. The lowest BCUT2D eigenvalue weighted by atomic mass is 9.94. The van der Waals surface area contributed by atoms with Gasteiger partial charge in [-0.05, 0) is 36.6 Å². The van der Waals surface area contributed by atoms with Crippen LogP contribution < -0.4 is 10.2 Å². The Kier molecular flexibility index (Phi) is 4.03. The molecule has 21 heavy (non-hydrogen) atoms. The van der Waals surface area contributed by atoms with Crippen molar-refractivity contribution in [3.8, 4) is 0 Å². The maximum Gasteiger partial charge on any atom is 0.136 e. The monoisotopic (exact) mass is 286 g/mol. The number of hydrogen-bond acceptors (Lipinski definition) is 3. The summed E-state index contributed by atoms with van der Waals surface area (Å²) in [5.41, 5.74) is 3.23. The molecule has 2 unspecified atom stereocenters. The van der Waals surface area contributed by atoms with Gasteiger partial charge in [0.15, 0.2) is 0 Å². The number of ketones is 1. The minimum Gasteiger partial charge on any atom is -0.371 e. The molecule has 0 aromatic heterocycles. The first-order chi connectivity index (χ1) is 10.3. The number of benzene rings is 1. The molecule has 3 fully saturated rings. The van der Waals surface area contributed by atoms with Crippen LogP contribution in [0.3, 0.4) is 0 Å². The second kappa shape index (κ2) is 5.80. The molecule has 0 amide bonds. The lowest BCUT2D eigenvalue weighted by Gasteiger charge is -2.28. The van der Waals surface area contributed by atoms with Gasteiger partial charge < -0.3 is 10.2 Å². The number of nitrogens with one attached hydrogen (secondary N) is 1. The quantitative estimate of drug-likeness (QED) is 0.907. The summed E-state index contributed by atoms with van der Waals surface area (Å²) in [6, 6.07) is 9.10. The average molecular weight is 286 g/mol. The second-order valence-corrected chi connectivity index (χ2v) is 6.26. The summed E-state index contributed by atoms with van der Waals surface area (Å²) >= 11 is 0. The smallest absolute Gasteiger partial charge is 0.136 e. The Labute approximate surface area is 127 Å². The van der Waals surface area contributed by atoms with Gasteiger partial charge in [0.05, 0.1) is 0 Å². The zero-order chi connectivity index (χ0) is 14.9. The fraction of sp³-hybridized carbons (Fsp3) is 0.611. The van der Waals surface area contributed by atoms with E-state index in [0.29, 0.717) is 24.0 Å². The highest BCUT2D eigenvalue weighted by atomic mass is 16.1. The highest BCUT2D eigenvalue weighted by molar-refractivity contribution is 5.81. The van der Waals surface area contributed by atoms with E-state index in [1.54, 1.807) is 0 Å². The predicted octanol–water partition coefficient (Wildman–Crippen LogP) is 2.74. The van der Waals surface area contributed by atoms with E-state index < -0.39 is 0 Å². The molecule has 2 heterocycles. The van der Waals surface area contributed by atoms with Gasteiger partial charge in [-0.1, -0.05) is 26.0 Å². The van der Waals surface area contributed by atoms with Crippen LogP contribution in [0, 0.1) is 5.92 Å². The molecular weight excluding hydrogens is 260 g/mol. The first-order valence-corrected chi connectivity index (χ1v) is 8.36. The van der Waals surface area contributed by atoms with Crippen molar-refractivity contribution in [2.75, 3.05) is 31.1 Å². The number of carbonyl (C=O) groups excluding carboxylic acids is 1. The van der Waals surface area contributed by atoms with Gasteiger partial charge in [0.1, 0.15) is 5.78 Å². The number of nitrogens with zero attached hydrogens (tertiary/aromatic N) is 1. The molecule has 3 aliphatic rings. The number of anilines is 1. The molecule has 2 atom stereocenters. The standard InChI is InChI=1S/C16H20N2O.C2H6/c19-15-5-7-18(8-6-15)14-3-1-12(2-4-14)16-9-13(16)10-17-11-16;1-2/h1-4,13,17H,5-11H2;1-2H3. The maximum absolute atomic E-state index is 11.3. The Morgan fingerprint density at radius 3 is 2.33 bits per heavy atom. The molecule has 2 saturated heterocycles. The fourth-order valence-electron chi connectivity index (χ4n) is 3.81. The summed E-state index contributed by atoms with van der Waals surface area (Å²) < 4.78 is 0. The number of piperidine rings is 2. The summed E-state index contributed by atoms with van der Waals surface area (Å²) in [6.07, 6.45) is 2.77. The van der Waals surface area contributed by atoms with Crippen LogP contribution in [0.4, 0.5) is 5.69 Å². The first-order valence-electron chi connectivity index (χ1n) is 8.36. The third kappa shape index (κ3) is 2.59. The van der Waals surface area contributed by atoms with E-state index in [9.17, 15) is 4.79 Å². The highest BCUT2D eigenvalue weighted by Crippen LogP contribution is 2.56. The van der Waals surface area contributed by atoms with E-state index in [-0.39, 0.29) is 0 Å². The van der Waals surface area contributed by atoms with E-state index >= 15 is 0 Å². The number of carbonyl (C=O) groups is 1. The largest absolute Gasteiger partial charge is 0.371 e. The Hall–Kier alpha value is -1.35. The van der Waals surface area contributed by atoms with E-state index in [1.165, 1.54) is 24.2 Å². The van der Waals surface area contributed by atoms with Crippen molar-refractivity contribution >= 4 is 11.5 Å². The summed E-state index contributed by atoms with van der Waals surface area (Å²) in [7, 11) is 0. The van der Waals surface area contributed by atoms with Crippen molar-refractivity contribution < 1.29 is 4.79 Å². The predicted molar refractivity (Wildman–Crippen MR) is 86.9 cm³/mol. The highest BCUT2D eigenvalue weighted by Gasteiger charge is 2.57. The van der Waals surface area contributed by atoms with Crippen LogP contribution in [-0.4, -0.2) is 32.0 Å². The van der Waals surface area contributed by atoms with Crippen LogP contribution in [0.25, 0.3) is 0 Å². The van der Waals surface area contributed by atoms with Crippen LogP contribution in [0.1, 0.15) is 38.7 Å². The van der Waals surface area contributed by atoms with E-state index in [0.717, 1.165) is 25.6 Å². The number of hydrogen-bond donors (Lipinski definition) is 1. The van der Waals surface area contributed by atoms with Gasteiger partial charge in [-0.3, -0.25) is 4.79 Å². The zero-order valence-corrected chi connectivity index (χ0v) is 13.2. The van der Waals surface area contributed by atoms with Gasteiger partial charge in [-0.2, -0.15) is 0 Å². The summed E-state index contributed by atoms with van der Waals surface area (Å²) in [4.78, 5) is 13.6. The molecule has 4 rings (SSSR count).